The van der Waals surface area contributed by atoms with Crippen LogP contribution in [0.3, 0.4) is 0 Å². The number of nitrogens with zero attached hydrogens (tertiary/aromatic N) is 1. The minimum absolute atomic E-state index is 0.0787. The van der Waals surface area contributed by atoms with Crippen molar-refractivity contribution in [1.82, 2.24) is 4.90 Å². The van der Waals surface area contributed by atoms with E-state index in [0.717, 1.165) is 37.2 Å². The molecule has 0 aromatic heterocycles. The number of anilines is 1. The van der Waals surface area contributed by atoms with Crippen LogP contribution in [0, 0.1) is 0 Å². The van der Waals surface area contributed by atoms with Gasteiger partial charge in [-0.25, -0.2) is 0 Å². The lowest BCUT2D eigenvalue weighted by Gasteiger charge is -2.49. The van der Waals surface area contributed by atoms with E-state index in [0.29, 0.717) is 0 Å². The Hall–Kier alpha value is -2.56. The van der Waals surface area contributed by atoms with Gasteiger partial charge in [0.25, 0.3) is 0 Å². The second kappa shape index (κ2) is 9.07. The first-order chi connectivity index (χ1) is 14.6. The van der Waals surface area contributed by atoms with Gasteiger partial charge in [-0.15, -0.1) is 11.8 Å². The molecule has 1 fully saturated rings. The van der Waals surface area contributed by atoms with Crippen LogP contribution in [0.25, 0.3) is 0 Å². The second-order valence-corrected chi connectivity index (χ2v) is 8.95. The molecule has 1 heterocycles. The fourth-order valence-corrected chi connectivity index (χ4v) is 4.34. The van der Waals surface area contributed by atoms with Crippen LogP contribution in [0.4, 0.5) is 5.69 Å². The number of para-hydroxylation sites is 1. The molecule has 0 aliphatic carbocycles. The van der Waals surface area contributed by atoms with Crippen molar-refractivity contribution in [3.8, 4) is 0 Å². The van der Waals surface area contributed by atoms with Gasteiger partial charge in [0.05, 0.1) is 5.54 Å². The zero-order valence-corrected chi connectivity index (χ0v) is 18.4. The Morgan fingerprint density at radius 1 is 0.967 bits per heavy atom. The van der Waals surface area contributed by atoms with Gasteiger partial charge in [-0.1, -0.05) is 60.7 Å². The molecule has 1 atom stereocenters. The fraction of sp³-hybridized carbons (Fsp3) is 0.269. The lowest BCUT2D eigenvalue weighted by molar-refractivity contribution is -0.136. The molecular weight excluding hydrogens is 388 g/mol. The van der Waals surface area contributed by atoms with E-state index < -0.39 is 5.54 Å². The van der Waals surface area contributed by atoms with E-state index >= 15 is 0 Å². The lowest BCUT2D eigenvalue weighted by Crippen LogP contribution is -2.63. The smallest absolute Gasteiger partial charge is 0.244 e. The summed E-state index contributed by atoms with van der Waals surface area (Å²) in [7, 11) is 0. The summed E-state index contributed by atoms with van der Waals surface area (Å²) in [4.78, 5) is 16.8. The highest BCUT2D eigenvalue weighted by molar-refractivity contribution is 7.98. The van der Waals surface area contributed by atoms with Crippen molar-refractivity contribution in [3.63, 3.8) is 0 Å². The van der Waals surface area contributed by atoms with Crippen molar-refractivity contribution in [2.24, 2.45) is 0 Å². The summed E-state index contributed by atoms with van der Waals surface area (Å²) in [6, 6.07) is 27.1. The van der Waals surface area contributed by atoms with Gasteiger partial charge in [0, 0.05) is 23.7 Å². The molecule has 3 aromatic carbocycles. The van der Waals surface area contributed by atoms with Crippen LogP contribution in [0.15, 0.2) is 83.8 Å². The van der Waals surface area contributed by atoms with Crippen molar-refractivity contribution in [2.75, 3.05) is 18.1 Å². The van der Waals surface area contributed by atoms with Crippen molar-refractivity contribution in [2.45, 2.75) is 36.7 Å². The Morgan fingerprint density at radius 3 is 2.33 bits per heavy atom. The number of carbonyl (C=O) groups is 1. The molecule has 0 spiro atoms. The summed E-state index contributed by atoms with van der Waals surface area (Å²) >= 11 is 1.75. The summed E-state index contributed by atoms with van der Waals surface area (Å²) in [5, 5.41) is 3.22. The molecule has 30 heavy (non-hydrogen) atoms. The van der Waals surface area contributed by atoms with E-state index in [-0.39, 0.29) is 5.91 Å². The van der Waals surface area contributed by atoms with E-state index in [4.69, 9.17) is 0 Å². The minimum atomic E-state index is -0.474. The highest BCUT2D eigenvalue weighted by Crippen LogP contribution is 2.34. The molecule has 3 aromatic rings. The topological polar surface area (TPSA) is 32.3 Å². The molecule has 1 aliphatic rings. The molecular formula is C26H28N2OS. The second-order valence-electron chi connectivity index (χ2n) is 8.07. The molecule has 4 heteroatoms. The quantitative estimate of drug-likeness (QED) is 0.509. The number of likely N-dealkylation sites (tertiary alicyclic amines) is 1. The molecule has 0 radical (unpaired) electrons. The molecule has 154 valence electrons. The third kappa shape index (κ3) is 4.45. The Kier molecular flexibility index (Phi) is 6.26. The summed E-state index contributed by atoms with van der Waals surface area (Å²) in [5.41, 5.74) is 4.06. The highest BCUT2D eigenvalue weighted by Gasteiger charge is 2.46. The van der Waals surface area contributed by atoms with Gasteiger partial charge in [-0.2, -0.15) is 0 Å². The molecule has 1 saturated heterocycles. The number of benzene rings is 3. The predicted octanol–water partition coefficient (Wildman–Crippen LogP) is 5.60. The number of rotatable bonds is 7. The predicted molar refractivity (Wildman–Crippen MR) is 126 cm³/mol. The average molecular weight is 417 g/mol. The Balaban J connectivity index is 1.45. The molecule has 0 saturated carbocycles. The van der Waals surface area contributed by atoms with Gasteiger partial charge in [-0.05, 0) is 60.9 Å². The molecule has 4 rings (SSSR count). The standard InChI is InChI=1S/C26H28N2OS/c1-26(16-17-28(26)19-21-12-14-23(30-2)15-13-21)25(29)27-24-11-7-6-10-22(24)18-20-8-4-3-5-9-20/h3-15H,16-19H2,1-2H3,(H,27,29). The summed E-state index contributed by atoms with van der Waals surface area (Å²) in [6.07, 6.45) is 3.77. The van der Waals surface area contributed by atoms with E-state index in [1.54, 1.807) is 11.8 Å². The molecule has 1 N–H and O–H groups in total. The molecule has 1 amide bonds. The normalized spacial score (nSPS) is 18.6. The van der Waals surface area contributed by atoms with Crippen LogP contribution in [-0.4, -0.2) is 29.1 Å². The third-order valence-corrected chi connectivity index (χ3v) is 6.83. The monoisotopic (exact) mass is 416 g/mol. The van der Waals surface area contributed by atoms with E-state index in [2.05, 4.69) is 78.0 Å². The van der Waals surface area contributed by atoms with Gasteiger partial charge in [-0.3, -0.25) is 9.69 Å². The van der Waals surface area contributed by atoms with Crippen molar-refractivity contribution >= 4 is 23.4 Å². The SMILES string of the molecule is CSc1ccc(CN2CCC2(C)C(=O)Nc2ccccc2Cc2ccccc2)cc1. The first-order valence-corrected chi connectivity index (χ1v) is 11.6. The van der Waals surface area contributed by atoms with E-state index in [9.17, 15) is 4.79 Å². The highest BCUT2D eigenvalue weighted by atomic mass is 32.2. The van der Waals surface area contributed by atoms with Crippen LogP contribution in [0.2, 0.25) is 0 Å². The van der Waals surface area contributed by atoms with E-state index in [1.165, 1.54) is 16.0 Å². The maximum atomic E-state index is 13.3. The number of hydrogen-bond donors (Lipinski definition) is 1. The molecule has 0 bridgehead atoms. The molecule has 1 unspecified atom stereocenters. The summed E-state index contributed by atoms with van der Waals surface area (Å²) in [6.45, 7) is 3.80. The van der Waals surface area contributed by atoms with Crippen LogP contribution in [0.5, 0.6) is 0 Å². The summed E-state index contributed by atoms with van der Waals surface area (Å²) in [5.74, 6) is 0.0787. The van der Waals surface area contributed by atoms with Crippen molar-refractivity contribution < 1.29 is 4.79 Å². The maximum Gasteiger partial charge on any atom is 0.244 e. The van der Waals surface area contributed by atoms with Crippen LogP contribution in [0.1, 0.15) is 30.0 Å². The van der Waals surface area contributed by atoms with Gasteiger partial charge < -0.3 is 5.32 Å². The minimum Gasteiger partial charge on any atom is -0.324 e. The fourth-order valence-electron chi connectivity index (χ4n) is 3.94. The number of nitrogens with one attached hydrogen (secondary N) is 1. The van der Waals surface area contributed by atoms with Crippen molar-refractivity contribution in [1.29, 1.82) is 0 Å². The van der Waals surface area contributed by atoms with Crippen molar-refractivity contribution in [3.05, 3.63) is 95.6 Å². The van der Waals surface area contributed by atoms with Crippen LogP contribution < -0.4 is 5.32 Å². The Bertz CT molecular complexity index is 1000. The Morgan fingerprint density at radius 2 is 1.67 bits per heavy atom. The van der Waals surface area contributed by atoms with Gasteiger partial charge in [0.2, 0.25) is 5.91 Å². The largest absolute Gasteiger partial charge is 0.324 e. The third-order valence-electron chi connectivity index (χ3n) is 6.09. The van der Waals surface area contributed by atoms with Crippen LogP contribution in [-0.2, 0) is 17.8 Å². The Labute approximate surface area is 183 Å². The number of carbonyl (C=O) groups excluding carboxylic acids is 1. The molecule has 1 aliphatic heterocycles. The van der Waals surface area contributed by atoms with E-state index in [1.807, 2.05) is 24.3 Å². The zero-order chi connectivity index (χ0) is 21.0. The van der Waals surface area contributed by atoms with Gasteiger partial charge in [0.15, 0.2) is 0 Å². The first-order valence-electron chi connectivity index (χ1n) is 10.4. The number of amides is 1. The summed E-state index contributed by atoms with van der Waals surface area (Å²) < 4.78 is 0. The first kappa shape index (κ1) is 20.7. The van der Waals surface area contributed by atoms with Crippen LogP contribution >= 0.6 is 11.8 Å². The average Bonchev–Trinajstić information content (AvgIpc) is 2.78. The van der Waals surface area contributed by atoms with Gasteiger partial charge in [0.1, 0.15) is 0 Å². The lowest BCUT2D eigenvalue weighted by atomic mass is 9.85. The number of hydrogen-bond acceptors (Lipinski definition) is 3. The maximum absolute atomic E-state index is 13.3. The zero-order valence-electron chi connectivity index (χ0n) is 17.6. The number of thioether (sulfide) groups is 1. The van der Waals surface area contributed by atoms with Gasteiger partial charge >= 0.3 is 0 Å². The molecule has 3 nitrogen and oxygen atoms in total.